The molecular formula is C13H28N2O3. The quantitative estimate of drug-likeness (QED) is 0.469. The van der Waals surface area contributed by atoms with Crippen LogP contribution in [0.3, 0.4) is 0 Å². The molecule has 108 valence electrons. The van der Waals surface area contributed by atoms with Crippen LogP contribution in [0.5, 0.6) is 0 Å². The van der Waals surface area contributed by atoms with Gasteiger partial charge in [-0.3, -0.25) is 9.69 Å². The molecule has 0 spiro atoms. The topological polar surface area (TPSA) is 72.8 Å². The van der Waals surface area contributed by atoms with E-state index in [4.69, 9.17) is 10.2 Å². The van der Waals surface area contributed by atoms with Crippen LogP contribution in [0.1, 0.15) is 39.5 Å². The van der Waals surface area contributed by atoms with Crippen LogP contribution in [-0.2, 0) is 4.79 Å². The molecule has 5 nitrogen and oxygen atoms in total. The summed E-state index contributed by atoms with van der Waals surface area (Å²) < 4.78 is 0. The minimum Gasteiger partial charge on any atom is -0.395 e. The number of carbonyl (C=O) groups excluding carboxylic acids is 1. The number of amides is 1. The van der Waals surface area contributed by atoms with Crippen LogP contribution in [0, 0.1) is 0 Å². The molecule has 1 unspecified atom stereocenters. The van der Waals surface area contributed by atoms with Gasteiger partial charge >= 0.3 is 0 Å². The van der Waals surface area contributed by atoms with Gasteiger partial charge in [0.2, 0.25) is 5.91 Å². The lowest BCUT2D eigenvalue weighted by atomic mass is 10.1. The van der Waals surface area contributed by atoms with Crippen LogP contribution >= 0.6 is 0 Å². The average molecular weight is 260 g/mol. The first kappa shape index (κ1) is 17.4. The van der Waals surface area contributed by atoms with Crippen molar-refractivity contribution in [3.8, 4) is 0 Å². The lowest BCUT2D eigenvalue weighted by molar-refractivity contribution is -0.123. The summed E-state index contributed by atoms with van der Waals surface area (Å²) in [5.41, 5.74) is 0. The molecule has 0 fully saturated rings. The molecule has 0 rings (SSSR count). The third-order valence-corrected chi connectivity index (χ3v) is 2.85. The molecule has 5 heteroatoms. The Morgan fingerprint density at radius 2 is 1.83 bits per heavy atom. The molecule has 0 aliphatic rings. The fourth-order valence-electron chi connectivity index (χ4n) is 1.85. The number of rotatable bonds is 11. The highest BCUT2D eigenvalue weighted by Crippen LogP contribution is 2.02. The second-order valence-electron chi connectivity index (χ2n) is 4.69. The Labute approximate surface area is 110 Å². The van der Waals surface area contributed by atoms with Crippen molar-refractivity contribution < 1.29 is 15.0 Å². The van der Waals surface area contributed by atoms with Gasteiger partial charge in [-0.2, -0.15) is 0 Å². The molecule has 0 aromatic rings. The van der Waals surface area contributed by atoms with Crippen molar-refractivity contribution in [1.29, 1.82) is 0 Å². The summed E-state index contributed by atoms with van der Waals surface area (Å²) in [4.78, 5) is 13.5. The molecular weight excluding hydrogens is 232 g/mol. The zero-order chi connectivity index (χ0) is 13.8. The molecule has 0 aliphatic carbocycles. The average Bonchev–Trinajstić information content (AvgIpc) is 2.29. The molecule has 0 bridgehead atoms. The Morgan fingerprint density at radius 3 is 2.33 bits per heavy atom. The molecule has 1 amide bonds. The zero-order valence-electron chi connectivity index (χ0n) is 11.7. The van der Waals surface area contributed by atoms with Crippen LogP contribution in [0.25, 0.3) is 0 Å². The van der Waals surface area contributed by atoms with Gasteiger partial charge < -0.3 is 15.5 Å². The van der Waals surface area contributed by atoms with E-state index in [0.717, 1.165) is 12.8 Å². The number of nitrogens with one attached hydrogen (secondary N) is 1. The lowest BCUT2D eigenvalue weighted by Crippen LogP contribution is -2.42. The molecule has 0 saturated carbocycles. The highest BCUT2D eigenvalue weighted by atomic mass is 16.3. The van der Waals surface area contributed by atoms with Crippen molar-refractivity contribution >= 4 is 5.91 Å². The van der Waals surface area contributed by atoms with Gasteiger partial charge in [0.05, 0.1) is 19.8 Å². The van der Waals surface area contributed by atoms with Crippen LogP contribution in [0.4, 0.5) is 0 Å². The normalized spacial score (nSPS) is 12.7. The van der Waals surface area contributed by atoms with E-state index in [9.17, 15) is 4.79 Å². The fourth-order valence-corrected chi connectivity index (χ4v) is 1.85. The summed E-state index contributed by atoms with van der Waals surface area (Å²) in [5, 5.41) is 20.6. The summed E-state index contributed by atoms with van der Waals surface area (Å²) >= 11 is 0. The summed E-state index contributed by atoms with van der Waals surface area (Å²) in [5.74, 6) is -0.0408. The molecule has 0 heterocycles. The van der Waals surface area contributed by atoms with E-state index in [1.54, 1.807) is 4.90 Å². The van der Waals surface area contributed by atoms with E-state index >= 15 is 0 Å². The molecule has 0 aromatic heterocycles. The Bertz CT molecular complexity index is 206. The third kappa shape index (κ3) is 9.39. The Hall–Kier alpha value is -0.650. The molecule has 18 heavy (non-hydrogen) atoms. The van der Waals surface area contributed by atoms with Gasteiger partial charge in [0.25, 0.3) is 0 Å². The molecule has 1 atom stereocenters. The Morgan fingerprint density at radius 1 is 1.22 bits per heavy atom. The predicted molar refractivity (Wildman–Crippen MR) is 72.4 cm³/mol. The van der Waals surface area contributed by atoms with Gasteiger partial charge in [-0.25, -0.2) is 0 Å². The van der Waals surface area contributed by atoms with Crippen molar-refractivity contribution in [2.24, 2.45) is 0 Å². The van der Waals surface area contributed by atoms with E-state index in [1.807, 2.05) is 6.92 Å². The number of hydrogen-bond acceptors (Lipinski definition) is 4. The number of unbranched alkanes of at least 4 members (excludes halogenated alkanes) is 2. The first-order valence-electron chi connectivity index (χ1n) is 6.87. The predicted octanol–water partition coefficient (Wildman–Crippen LogP) is 0.358. The van der Waals surface area contributed by atoms with E-state index < -0.39 is 0 Å². The minimum atomic E-state index is -0.0408. The maximum atomic E-state index is 11.7. The minimum absolute atomic E-state index is 0.000661. The monoisotopic (exact) mass is 260 g/mol. The maximum absolute atomic E-state index is 11.7. The van der Waals surface area contributed by atoms with Crippen molar-refractivity contribution in [3.63, 3.8) is 0 Å². The van der Waals surface area contributed by atoms with Crippen molar-refractivity contribution in [2.75, 3.05) is 32.8 Å². The van der Waals surface area contributed by atoms with E-state index in [2.05, 4.69) is 12.2 Å². The van der Waals surface area contributed by atoms with E-state index in [-0.39, 0.29) is 31.7 Å². The summed E-state index contributed by atoms with van der Waals surface area (Å²) in [6.07, 6.45) is 4.51. The van der Waals surface area contributed by atoms with Crippen molar-refractivity contribution in [2.45, 2.75) is 45.6 Å². The molecule has 0 radical (unpaired) electrons. The molecule has 0 saturated heterocycles. The Balaban J connectivity index is 3.84. The number of hydrogen-bond donors (Lipinski definition) is 3. The maximum Gasteiger partial charge on any atom is 0.234 e. The fraction of sp³-hybridized carbons (Fsp3) is 0.923. The standard InChI is InChI=1S/C13H28N2O3/c1-3-4-5-6-12(2)14-13(18)11-15(7-9-16)8-10-17/h12,16-17H,3-11H2,1-2H3,(H,14,18). The smallest absolute Gasteiger partial charge is 0.234 e. The highest BCUT2D eigenvalue weighted by molar-refractivity contribution is 5.78. The summed E-state index contributed by atoms with van der Waals surface area (Å²) in [7, 11) is 0. The summed E-state index contributed by atoms with van der Waals surface area (Å²) in [6.45, 7) is 5.23. The van der Waals surface area contributed by atoms with Gasteiger partial charge in [-0.05, 0) is 13.3 Å². The second-order valence-corrected chi connectivity index (χ2v) is 4.69. The first-order chi connectivity index (χ1) is 8.63. The van der Waals surface area contributed by atoms with E-state index in [0.29, 0.717) is 13.1 Å². The van der Waals surface area contributed by atoms with Gasteiger partial charge in [0.1, 0.15) is 0 Å². The zero-order valence-corrected chi connectivity index (χ0v) is 11.7. The number of aliphatic hydroxyl groups is 2. The van der Waals surface area contributed by atoms with Gasteiger partial charge in [0.15, 0.2) is 0 Å². The highest BCUT2D eigenvalue weighted by Gasteiger charge is 2.11. The van der Waals surface area contributed by atoms with Crippen LogP contribution in [0.2, 0.25) is 0 Å². The molecule has 0 aromatic carbocycles. The van der Waals surface area contributed by atoms with E-state index in [1.165, 1.54) is 12.8 Å². The summed E-state index contributed by atoms with van der Waals surface area (Å²) in [6, 6.07) is 0.189. The third-order valence-electron chi connectivity index (χ3n) is 2.85. The lowest BCUT2D eigenvalue weighted by Gasteiger charge is -2.21. The largest absolute Gasteiger partial charge is 0.395 e. The number of nitrogens with zero attached hydrogens (tertiary/aromatic N) is 1. The van der Waals surface area contributed by atoms with Gasteiger partial charge in [0, 0.05) is 19.1 Å². The SMILES string of the molecule is CCCCCC(C)NC(=O)CN(CCO)CCO. The van der Waals surface area contributed by atoms with Gasteiger partial charge in [-0.1, -0.05) is 26.2 Å². The van der Waals surface area contributed by atoms with Crippen molar-refractivity contribution in [1.82, 2.24) is 10.2 Å². The van der Waals surface area contributed by atoms with Crippen molar-refractivity contribution in [3.05, 3.63) is 0 Å². The first-order valence-corrected chi connectivity index (χ1v) is 6.87. The van der Waals surface area contributed by atoms with Crippen LogP contribution in [0.15, 0.2) is 0 Å². The molecule has 3 N–H and O–H groups in total. The van der Waals surface area contributed by atoms with Gasteiger partial charge in [-0.15, -0.1) is 0 Å². The second kappa shape index (κ2) is 11.4. The molecule has 0 aliphatic heterocycles. The number of carbonyl (C=O) groups is 1. The van der Waals surface area contributed by atoms with Crippen LogP contribution < -0.4 is 5.32 Å². The van der Waals surface area contributed by atoms with Crippen LogP contribution in [-0.4, -0.2) is 59.9 Å². The Kier molecular flexibility index (Phi) is 11.0. The number of aliphatic hydroxyl groups excluding tert-OH is 2.